The van der Waals surface area contributed by atoms with Crippen molar-refractivity contribution in [3.8, 4) is 11.8 Å². The summed E-state index contributed by atoms with van der Waals surface area (Å²) in [6.45, 7) is 13.0. The van der Waals surface area contributed by atoms with Crippen LogP contribution in [0.15, 0.2) is 55.2 Å². The molecule has 0 bridgehead atoms. The maximum atomic E-state index is 13.8. The Balaban J connectivity index is 1.86. The van der Waals surface area contributed by atoms with Gasteiger partial charge < -0.3 is 5.32 Å². The maximum Gasteiger partial charge on any atom is 0.270 e. The molecule has 0 radical (unpaired) electrons. The Kier molecular flexibility index (Phi) is 6.18. The van der Waals surface area contributed by atoms with Crippen LogP contribution in [0.3, 0.4) is 0 Å². The van der Waals surface area contributed by atoms with Crippen molar-refractivity contribution in [3.05, 3.63) is 83.1 Å². The fraction of sp³-hybridized carbons (Fsp3) is 0.296. The van der Waals surface area contributed by atoms with E-state index in [1.54, 1.807) is 12.3 Å². The van der Waals surface area contributed by atoms with Gasteiger partial charge in [-0.3, -0.25) is 4.98 Å². The first-order valence-electron chi connectivity index (χ1n) is 10.4. The van der Waals surface area contributed by atoms with Gasteiger partial charge in [-0.05, 0) is 50.5 Å². The molecule has 0 aliphatic carbocycles. The minimum Gasteiger partial charge on any atom is -0.369 e. The van der Waals surface area contributed by atoms with E-state index in [0.29, 0.717) is 11.3 Å². The fourth-order valence-electron chi connectivity index (χ4n) is 3.46. The molecule has 0 fully saturated rings. The second-order valence-electron chi connectivity index (χ2n) is 8.46. The van der Waals surface area contributed by atoms with Crippen molar-refractivity contribution in [1.29, 1.82) is 0 Å². The number of fused-ring (bicyclic) bond motifs is 1. The van der Waals surface area contributed by atoms with Crippen molar-refractivity contribution in [2.45, 2.75) is 52.5 Å². The lowest BCUT2D eigenvalue weighted by atomic mass is 9.98. The van der Waals surface area contributed by atoms with Gasteiger partial charge in [-0.25, -0.2) is 8.78 Å². The average Bonchev–Trinajstić information content (AvgIpc) is 2.71. The number of para-hydroxylation sites is 1. The molecule has 0 spiro atoms. The van der Waals surface area contributed by atoms with E-state index in [1.165, 1.54) is 12.1 Å². The molecule has 31 heavy (non-hydrogen) atoms. The molecule has 0 saturated heterocycles. The van der Waals surface area contributed by atoms with Crippen LogP contribution >= 0.6 is 0 Å². The Morgan fingerprint density at radius 3 is 2.55 bits per heavy atom. The summed E-state index contributed by atoms with van der Waals surface area (Å²) < 4.78 is 27.5. The van der Waals surface area contributed by atoms with Crippen LogP contribution in [0, 0.1) is 18.8 Å². The average molecular weight is 419 g/mol. The molecule has 0 unspecified atom stereocenters. The molecule has 1 heterocycles. The predicted octanol–water partition coefficient (Wildman–Crippen LogP) is 6.61. The van der Waals surface area contributed by atoms with E-state index in [0.717, 1.165) is 40.9 Å². The summed E-state index contributed by atoms with van der Waals surface area (Å²) >= 11 is 0. The van der Waals surface area contributed by atoms with Gasteiger partial charge >= 0.3 is 0 Å². The second-order valence-corrected chi connectivity index (χ2v) is 8.46. The van der Waals surface area contributed by atoms with Gasteiger partial charge in [0.2, 0.25) is 0 Å². The maximum absolute atomic E-state index is 13.8. The molecule has 3 aromatic rings. The van der Waals surface area contributed by atoms with E-state index >= 15 is 0 Å². The van der Waals surface area contributed by atoms with Gasteiger partial charge in [-0.2, -0.15) is 0 Å². The summed E-state index contributed by atoms with van der Waals surface area (Å²) in [4.78, 5) is 4.57. The SMILES string of the molecule is C=C(NC(C)(C)C#Cc1cc(C(C)(F)F)ccc1CC)c1cnc2c(C)cccc2c1. The van der Waals surface area contributed by atoms with Crippen molar-refractivity contribution in [3.63, 3.8) is 0 Å². The monoisotopic (exact) mass is 418 g/mol. The zero-order valence-corrected chi connectivity index (χ0v) is 18.7. The number of nitrogens with zero attached hydrogens (tertiary/aromatic N) is 1. The number of hydrogen-bond acceptors (Lipinski definition) is 2. The first kappa shape index (κ1) is 22.5. The minimum absolute atomic E-state index is 0.0262. The lowest BCUT2D eigenvalue weighted by molar-refractivity contribution is 0.0174. The first-order valence-corrected chi connectivity index (χ1v) is 10.4. The van der Waals surface area contributed by atoms with E-state index in [9.17, 15) is 8.78 Å². The number of rotatable bonds is 5. The summed E-state index contributed by atoms with van der Waals surface area (Å²) in [7, 11) is 0. The Morgan fingerprint density at radius 2 is 1.87 bits per heavy atom. The number of aromatic nitrogens is 1. The molecule has 2 nitrogen and oxygen atoms in total. The highest BCUT2D eigenvalue weighted by molar-refractivity contribution is 5.84. The van der Waals surface area contributed by atoms with E-state index < -0.39 is 11.5 Å². The summed E-state index contributed by atoms with van der Waals surface area (Å²) in [5, 5.41) is 4.40. The Hall–Kier alpha value is -3.19. The molecule has 0 saturated carbocycles. The van der Waals surface area contributed by atoms with E-state index in [-0.39, 0.29) is 5.56 Å². The molecule has 0 aliphatic heterocycles. The predicted molar refractivity (Wildman–Crippen MR) is 125 cm³/mol. The number of hydrogen-bond donors (Lipinski definition) is 1. The van der Waals surface area contributed by atoms with E-state index in [1.807, 2.05) is 45.9 Å². The van der Waals surface area contributed by atoms with E-state index in [4.69, 9.17) is 0 Å². The molecule has 1 N–H and O–H groups in total. The third-order valence-electron chi connectivity index (χ3n) is 5.23. The number of nitrogens with one attached hydrogen (secondary N) is 1. The molecular weight excluding hydrogens is 390 g/mol. The van der Waals surface area contributed by atoms with Crippen LogP contribution in [-0.2, 0) is 12.3 Å². The van der Waals surface area contributed by atoms with Crippen molar-refractivity contribution >= 4 is 16.6 Å². The lowest BCUT2D eigenvalue weighted by Gasteiger charge is -2.23. The molecule has 1 aromatic heterocycles. The minimum atomic E-state index is -2.90. The number of alkyl halides is 2. The number of pyridine rings is 1. The van der Waals surface area contributed by atoms with Gasteiger partial charge in [0.15, 0.2) is 0 Å². The van der Waals surface area contributed by atoms with Crippen LogP contribution in [0.1, 0.15) is 55.5 Å². The zero-order chi connectivity index (χ0) is 22.8. The normalized spacial score (nSPS) is 11.7. The summed E-state index contributed by atoms with van der Waals surface area (Å²) in [5.41, 5.74) is 4.62. The largest absolute Gasteiger partial charge is 0.369 e. The molecule has 160 valence electrons. The van der Waals surface area contributed by atoms with Crippen LogP contribution in [0.2, 0.25) is 0 Å². The van der Waals surface area contributed by atoms with Crippen LogP contribution in [0.5, 0.6) is 0 Å². The zero-order valence-electron chi connectivity index (χ0n) is 18.7. The Bertz CT molecular complexity index is 1190. The van der Waals surface area contributed by atoms with Crippen molar-refractivity contribution in [2.75, 3.05) is 0 Å². The highest BCUT2D eigenvalue weighted by Crippen LogP contribution is 2.28. The standard InChI is InChI=1S/C27H28F2N2/c1-7-20-11-12-24(27(6,28)29)16-21(20)13-14-26(4,5)31-19(3)23-15-22-10-8-9-18(2)25(22)30-17-23/h8-12,15-17,31H,3,7H2,1-2,4-6H3. The third kappa shape index (κ3) is 5.30. The highest BCUT2D eigenvalue weighted by Gasteiger charge is 2.25. The lowest BCUT2D eigenvalue weighted by Crippen LogP contribution is -2.36. The second kappa shape index (κ2) is 8.51. The van der Waals surface area contributed by atoms with Gasteiger partial charge in [0, 0.05) is 40.9 Å². The first-order chi connectivity index (χ1) is 14.5. The number of aryl methyl sites for hydroxylation is 2. The van der Waals surface area contributed by atoms with Crippen LogP contribution in [-0.4, -0.2) is 10.5 Å². The molecular formula is C27H28F2N2. The molecule has 0 atom stereocenters. The molecule has 0 amide bonds. The van der Waals surface area contributed by atoms with Crippen molar-refractivity contribution in [2.24, 2.45) is 0 Å². The van der Waals surface area contributed by atoms with Gasteiger partial charge in [0.05, 0.1) is 11.1 Å². The van der Waals surface area contributed by atoms with Gasteiger partial charge in [0.25, 0.3) is 5.92 Å². The van der Waals surface area contributed by atoms with Crippen LogP contribution < -0.4 is 5.32 Å². The van der Waals surface area contributed by atoms with Crippen molar-refractivity contribution in [1.82, 2.24) is 10.3 Å². The smallest absolute Gasteiger partial charge is 0.270 e. The summed E-state index contributed by atoms with van der Waals surface area (Å²) in [6, 6.07) is 12.8. The molecule has 3 rings (SSSR count). The van der Waals surface area contributed by atoms with Gasteiger partial charge in [0.1, 0.15) is 0 Å². The molecule has 0 aliphatic rings. The molecule has 4 heteroatoms. The summed E-state index contributed by atoms with van der Waals surface area (Å²) in [6.07, 6.45) is 2.53. The number of halogens is 2. The summed E-state index contributed by atoms with van der Waals surface area (Å²) in [5.74, 6) is 3.40. The number of benzene rings is 2. The Labute approximate surface area is 183 Å². The van der Waals surface area contributed by atoms with E-state index in [2.05, 4.69) is 34.8 Å². The van der Waals surface area contributed by atoms with Gasteiger partial charge in [-0.1, -0.05) is 55.7 Å². The van der Waals surface area contributed by atoms with Crippen molar-refractivity contribution < 1.29 is 8.78 Å². The Morgan fingerprint density at radius 1 is 1.13 bits per heavy atom. The van der Waals surface area contributed by atoms with Crippen LogP contribution in [0.4, 0.5) is 8.78 Å². The van der Waals surface area contributed by atoms with Gasteiger partial charge in [-0.15, -0.1) is 0 Å². The third-order valence-corrected chi connectivity index (χ3v) is 5.23. The fourth-order valence-corrected chi connectivity index (χ4v) is 3.46. The molecule has 2 aromatic carbocycles. The van der Waals surface area contributed by atoms with Crippen LogP contribution in [0.25, 0.3) is 16.6 Å². The topological polar surface area (TPSA) is 24.9 Å². The highest BCUT2D eigenvalue weighted by atomic mass is 19.3. The quantitative estimate of drug-likeness (QED) is 0.472.